The molecule has 1 aromatic carbocycles. The van der Waals surface area contributed by atoms with Crippen LogP contribution >= 0.6 is 11.3 Å². The number of nitrogens with zero attached hydrogens (tertiary/aromatic N) is 3. The number of nitrogens with one attached hydrogen (secondary N) is 1. The number of rotatable bonds is 3. The second-order valence-electron chi connectivity index (χ2n) is 4.78. The van der Waals surface area contributed by atoms with Gasteiger partial charge in [0.1, 0.15) is 5.75 Å². The van der Waals surface area contributed by atoms with Gasteiger partial charge in [0, 0.05) is 30.7 Å². The average molecular weight is 314 g/mol. The number of anilines is 2. The van der Waals surface area contributed by atoms with E-state index in [2.05, 4.69) is 15.3 Å². The molecule has 0 aliphatic carbocycles. The van der Waals surface area contributed by atoms with Gasteiger partial charge < -0.3 is 15.0 Å². The predicted octanol–water partition coefficient (Wildman–Crippen LogP) is 2.66. The minimum absolute atomic E-state index is 0.0198. The summed E-state index contributed by atoms with van der Waals surface area (Å²) in [6.07, 6.45) is 1.64. The van der Waals surface area contributed by atoms with E-state index in [4.69, 9.17) is 0 Å². The molecule has 2 N–H and O–H groups in total. The van der Waals surface area contributed by atoms with E-state index in [1.165, 1.54) is 0 Å². The monoisotopic (exact) mass is 314 g/mol. The van der Waals surface area contributed by atoms with Crippen molar-refractivity contribution < 1.29 is 5.11 Å². The molecule has 0 saturated heterocycles. The molecule has 112 valence electrons. The number of aromatic hydroxyl groups is 1. The summed E-state index contributed by atoms with van der Waals surface area (Å²) < 4.78 is 1.60. The fraction of sp³-hybridized carbons (Fsp3) is 0.133. The third kappa shape index (κ3) is 2.71. The van der Waals surface area contributed by atoms with E-state index >= 15 is 0 Å². The maximum atomic E-state index is 11.7. The van der Waals surface area contributed by atoms with Gasteiger partial charge >= 0.3 is 4.87 Å². The van der Waals surface area contributed by atoms with Crippen LogP contribution in [0.25, 0.3) is 10.6 Å². The maximum absolute atomic E-state index is 11.7. The highest BCUT2D eigenvalue weighted by Crippen LogP contribution is 2.25. The average Bonchev–Trinajstić information content (AvgIpc) is 2.75. The molecule has 0 aliphatic rings. The van der Waals surface area contributed by atoms with Crippen molar-refractivity contribution in [1.82, 2.24) is 14.5 Å². The Morgan fingerprint density at radius 3 is 2.82 bits per heavy atom. The molecule has 0 amide bonds. The number of hydrogen-bond donors (Lipinski definition) is 2. The minimum Gasteiger partial charge on any atom is -0.508 e. The lowest BCUT2D eigenvalue weighted by molar-refractivity contribution is 0.475. The van der Waals surface area contributed by atoms with Gasteiger partial charge in [0.2, 0.25) is 5.95 Å². The highest BCUT2D eigenvalue weighted by atomic mass is 32.1. The van der Waals surface area contributed by atoms with E-state index in [0.717, 1.165) is 21.9 Å². The molecule has 22 heavy (non-hydrogen) atoms. The zero-order chi connectivity index (χ0) is 15.7. The van der Waals surface area contributed by atoms with Crippen LogP contribution < -0.4 is 10.2 Å². The summed E-state index contributed by atoms with van der Waals surface area (Å²) in [4.78, 5) is 21.2. The Kier molecular flexibility index (Phi) is 3.64. The molecule has 3 aromatic rings. The van der Waals surface area contributed by atoms with Crippen LogP contribution in [0.3, 0.4) is 0 Å². The number of phenolic OH excluding ortho intramolecular Hbond substituents is 1. The van der Waals surface area contributed by atoms with Crippen molar-refractivity contribution in [2.45, 2.75) is 6.92 Å². The Morgan fingerprint density at radius 1 is 1.32 bits per heavy atom. The van der Waals surface area contributed by atoms with Gasteiger partial charge in [-0.25, -0.2) is 9.97 Å². The zero-order valence-corrected chi connectivity index (χ0v) is 12.9. The first kappa shape index (κ1) is 14.3. The Morgan fingerprint density at radius 2 is 2.14 bits per heavy atom. The molecule has 2 aromatic heterocycles. The lowest BCUT2D eigenvalue weighted by Crippen LogP contribution is -2.08. The summed E-state index contributed by atoms with van der Waals surface area (Å²) in [6.45, 7) is 1.89. The van der Waals surface area contributed by atoms with Crippen molar-refractivity contribution >= 4 is 23.0 Å². The molecule has 0 unspecified atom stereocenters. The van der Waals surface area contributed by atoms with E-state index in [-0.39, 0.29) is 10.6 Å². The minimum atomic E-state index is -0.0198. The fourth-order valence-electron chi connectivity index (χ4n) is 2.01. The third-order valence-electron chi connectivity index (χ3n) is 3.29. The molecule has 0 radical (unpaired) electrons. The predicted molar refractivity (Wildman–Crippen MR) is 86.7 cm³/mol. The van der Waals surface area contributed by atoms with Crippen molar-refractivity contribution in [1.29, 1.82) is 0 Å². The smallest absolute Gasteiger partial charge is 0.307 e. The molecule has 0 aliphatic heterocycles. The first-order chi connectivity index (χ1) is 10.5. The van der Waals surface area contributed by atoms with E-state index in [9.17, 15) is 9.90 Å². The van der Waals surface area contributed by atoms with Crippen LogP contribution in [0.1, 0.15) is 5.69 Å². The topological polar surface area (TPSA) is 80.0 Å². The van der Waals surface area contributed by atoms with Crippen LogP contribution in [0.5, 0.6) is 5.75 Å². The van der Waals surface area contributed by atoms with Gasteiger partial charge in [0.15, 0.2) is 0 Å². The SMILES string of the molecule is Cc1c(-c2ccnc(Nc3cccc(O)c3)n2)sc(=O)n1C. The van der Waals surface area contributed by atoms with Gasteiger partial charge in [-0.1, -0.05) is 17.4 Å². The molecule has 0 saturated carbocycles. The lowest BCUT2D eigenvalue weighted by Gasteiger charge is -2.06. The summed E-state index contributed by atoms with van der Waals surface area (Å²) in [5, 5.41) is 12.5. The van der Waals surface area contributed by atoms with Crippen molar-refractivity contribution in [3.63, 3.8) is 0 Å². The van der Waals surface area contributed by atoms with Crippen LogP contribution in [0.15, 0.2) is 41.3 Å². The molecule has 3 rings (SSSR count). The van der Waals surface area contributed by atoms with Crippen LogP contribution in [-0.2, 0) is 7.05 Å². The quantitative estimate of drug-likeness (QED) is 0.777. The second kappa shape index (κ2) is 5.61. The Hall–Kier alpha value is -2.67. The Balaban J connectivity index is 1.96. The first-order valence-corrected chi connectivity index (χ1v) is 7.42. The molecule has 7 heteroatoms. The summed E-state index contributed by atoms with van der Waals surface area (Å²) in [5.41, 5.74) is 2.25. The zero-order valence-electron chi connectivity index (χ0n) is 12.1. The van der Waals surface area contributed by atoms with E-state index in [1.54, 1.807) is 42.1 Å². The number of thiazole rings is 1. The molecule has 0 fully saturated rings. The lowest BCUT2D eigenvalue weighted by atomic mass is 10.3. The van der Waals surface area contributed by atoms with Crippen molar-refractivity contribution in [3.05, 3.63) is 51.9 Å². The number of aromatic nitrogens is 3. The van der Waals surface area contributed by atoms with Crippen molar-refractivity contribution in [3.8, 4) is 16.3 Å². The molecule has 6 nitrogen and oxygen atoms in total. The molecule has 0 bridgehead atoms. The van der Waals surface area contributed by atoms with E-state index in [0.29, 0.717) is 17.3 Å². The van der Waals surface area contributed by atoms with Gasteiger partial charge in [-0.05, 0) is 25.1 Å². The highest BCUT2D eigenvalue weighted by molar-refractivity contribution is 7.13. The summed E-state index contributed by atoms with van der Waals surface area (Å²) in [6, 6.07) is 8.48. The number of phenols is 1. The largest absolute Gasteiger partial charge is 0.508 e. The Labute approximate surface area is 130 Å². The normalized spacial score (nSPS) is 10.6. The van der Waals surface area contributed by atoms with Crippen LogP contribution in [-0.4, -0.2) is 19.6 Å². The Bertz CT molecular complexity index is 885. The number of benzene rings is 1. The third-order valence-corrected chi connectivity index (χ3v) is 4.44. The summed E-state index contributed by atoms with van der Waals surface area (Å²) >= 11 is 1.16. The van der Waals surface area contributed by atoms with E-state index in [1.807, 2.05) is 13.0 Å². The molecular weight excluding hydrogens is 300 g/mol. The van der Waals surface area contributed by atoms with Gasteiger partial charge in [-0.2, -0.15) is 0 Å². The van der Waals surface area contributed by atoms with Crippen molar-refractivity contribution in [2.24, 2.45) is 7.05 Å². The van der Waals surface area contributed by atoms with Gasteiger partial charge in [0.05, 0.1) is 10.6 Å². The van der Waals surface area contributed by atoms with Crippen molar-refractivity contribution in [2.75, 3.05) is 5.32 Å². The van der Waals surface area contributed by atoms with Crippen LogP contribution in [0.2, 0.25) is 0 Å². The summed E-state index contributed by atoms with van der Waals surface area (Å²) in [5.74, 6) is 0.573. The fourth-order valence-corrected chi connectivity index (χ4v) is 2.97. The van der Waals surface area contributed by atoms with E-state index < -0.39 is 0 Å². The van der Waals surface area contributed by atoms with Crippen LogP contribution in [0.4, 0.5) is 11.6 Å². The first-order valence-electron chi connectivity index (χ1n) is 6.60. The molecule has 0 atom stereocenters. The molecule has 2 heterocycles. The second-order valence-corrected chi connectivity index (χ2v) is 5.74. The molecule has 0 spiro atoms. The standard InChI is InChI=1S/C15H14N4O2S/c1-9-13(22-15(21)19(9)2)12-6-7-16-14(18-12)17-10-4-3-5-11(20)8-10/h3-8,20H,1-2H3,(H,16,17,18). The molecular formula is C15H14N4O2S. The van der Waals surface area contributed by atoms with Gasteiger partial charge in [0.25, 0.3) is 0 Å². The van der Waals surface area contributed by atoms with Crippen LogP contribution in [0, 0.1) is 6.92 Å². The van der Waals surface area contributed by atoms with Gasteiger partial charge in [-0.3, -0.25) is 4.79 Å². The number of hydrogen-bond acceptors (Lipinski definition) is 6. The highest BCUT2D eigenvalue weighted by Gasteiger charge is 2.12. The van der Waals surface area contributed by atoms with Gasteiger partial charge in [-0.15, -0.1) is 0 Å². The summed E-state index contributed by atoms with van der Waals surface area (Å²) in [7, 11) is 1.74. The maximum Gasteiger partial charge on any atom is 0.307 e.